The highest BCUT2D eigenvalue weighted by Gasteiger charge is 2.33. The number of rotatable bonds is 1. The van der Waals surface area contributed by atoms with Gasteiger partial charge in [0.1, 0.15) is 0 Å². The number of nitrogens with zero attached hydrogens (tertiary/aromatic N) is 3. The van der Waals surface area contributed by atoms with Crippen LogP contribution in [-0.4, -0.2) is 15.0 Å². The van der Waals surface area contributed by atoms with Crippen molar-refractivity contribution in [2.24, 2.45) is 0 Å². The maximum atomic E-state index is 5.68. The van der Waals surface area contributed by atoms with Gasteiger partial charge in [0.15, 0.2) is 17.5 Å². The Hall–Kier alpha value is 0.490. The molecule has 0 fully saturated rings. The lowest BCUT2D eigenvalue weighted by atomic mass is 10.4. The van der Waals surface area contributed by atoms with Crippen molar-refractivity contribution in [3.05, 3.63) is 23.5 Å². The highest BCUT2D eigenvalue weighted by atomic mass is 35.6. The number of hydrogen-bond donors (Lipinski definition) is 0. The zero-order valence-electron chi connectivity index (χ0n) is 8.26. The molecule has 0 aliphatic rings. The van der Waals surface area contributed by atoms with Crippen LogP contribution in [0.5, 0.6) is 0 Å². The van der Waals surface area contributed by atoms with Crippen molar-refractivity contribution in [3.8, 4) is 0 Å². The van der Waals surface area contributed by atoms with Crippen molar-refractivity contribution in [2.45, 2.75) is 14.5 Å². The molecule has 1 heterocycles. The minimum absolute atomic E-state index is 0.105. The molecule has 0 saturated carbocycles. The Morgan fingerprint density at radius 1 is 0.824 bits per heavy atom. The van der Waals surface area contributed by atoms with Crippen molar-refractivity contribution in [1.82, 2.24) is 15.0 Å². The minimum atomic E-state index is -1.82. The van der Waals surface area contributed by atoms with Crippen molar-refractivity contribution < 1.29 is 0 Å². The third kappa shape index (κ3) is 4.58. The maximum Gasteiger partial charge on any atom is 0.250 e. The smallest absolute Gasteiger partial charge is 0.209 e. The summed E-state index contributed by atoms with van der Waals surface area (Å²) in [5.74, 6) is 0.0315. The van der Waals surface area contributed by atoms with Crippen LogP contribution in [0.1, 0.15) is 24.4 Å². The largest absolute Gasteiger partial charge is 0.250 e. The fraction of sp³-hybridized carbons (Fsp3) is 0.375. The highest BCUT2D eigenvalue weighted by Crippen LogP contribution is 2.39. The van der Waals surface area contributed by atoms with Gasteiger partial charge in [-0.3, -0.25) is 0 Å². The van der Waals surface area contributed by atoms with Crippen molar-refractivity contribution in [3.63, 3.8) is 0 Å². The molecule has 0 bridgehead atoms. The Morgan fingerprint density at radius 3 is 1.53 bits per heavy atom. The molecule has 0 N–H and O–H groups in total. The van der Waals surface area contributed by atoms with Gasteiger partial charge in [0.2, 0.25) is 7.59 Å². The Balaban J connectivity index is 3.39. The van der Waals surface area contributed by atoms with Gasteiger partial charge >= 0.3 is 0 Å². The van der Waals surface area contributed by atoms with Crippen molar-refractivity contribution in [2.75, 3.05) is 0 Å². The van der Waals surface area contributed by atoms with Gasteiger partial charge in [0.25, 0.3) is 0 Å². The van der Waals surface area contributed by atoms with E-state index in [4.69, 9.17) is 69.6 Å². The molecular formula is C8H5Cl6N3. The fourth-order valence-corrected chi connectivity index (χ4v) is 1.38. The lowest BCUT2D eigenvalue weighted by molar-refractivity contribution is 0.835. The van der Waals surface area contributed by atoms with E-state index in [1.807, 2.05) is 0 Å². The summed E-state index contributed by atoms with van der Waals surface area (Å²) in [6.07, 6.45) is 3.27. The number of aromatic nitrogens is 3. The van der Waals surface area contributed by atoms with E-state index < -0.39 is 7.59 Å². The molecule has 0 unspecified atom stereocenters. The van der Waals surface area contributed by atoms with Crippen LogP contribution >= 0.6 is 69.6 Å². The Bertz CT molecular complexity index is 402. The minimum Gasteiger partial charge on any atom is -0.209 e. The molecule has 0 aliphatic carbocycles. The number of alkyl halides is 6. The van der Waals surface area contributed by atoms with Gasteiger partial charge in [-0.25, -0.2) is 15.0 Å². The van der Waals surface area contributed by atoms with Crippen LogP contribution < -0.4 is 0 Å². The van der Waals surface area contributed by atoms with E-state index >= 15 is 0 Å². The number of allylic oxidation sites excluding steroid dienone is 1. The molecule has 0 spiro atoms. The first-order valence-corrected chi connectivity index (χ1v) is 6.44. The summed E-state index contributed by atoms with van der Waals surface area (Å²) in [5, 5.41) is 0. The van der Waals surface area contributed by atoms with E-state index in [2.05, 4.69) is 15.0 Å². The standard InChI is InChI=1S/C8H5Cl6N3/c1-2-3-4-15-5(7(9,10)11)17-6(16-4)8(12,13)14/h2-3H,1H3. The molecule has 1 aromatic heterocycles. The summed E-state index contributed by atoms with van der Waals surface area (Å²) < 4.78 is -3.63. The van der Waals surface area contributed by atoms with Gasteiger partial charge in [-0.05, 0) is 13.0 Å². The van der Waals surface area contributed by atoms with Crippen molar-refractivity contribution in [1.29, 1.82) is 0 Å². The number of hydrogen-bond acceptors (Lipinski definition) is 3. The lowest BCUT2D eigenvalue weighted by Crippen LogP contribution is -2.16. The first kappa shape index (κ1) is 15.5. The molecule has 0 amide bonds. The van der Waals surface area contributed by atoms with E-state index in [0.717, 1.165) is 0 Å². The van der Waals surface area contributed by atoms with Crippen LogP contribution in [0.4, 0.5) is 0 Å². The van der Waals surface area contributed by atoms with Gasteiger partial charge in [-0.2, -0.15) is 0 Å². The van der Waals surface area contributed by atoms with Crippen LogP contribution in [0.25, 0.3) is 6.08 Å². The zero-order chi connectivity index (χ0) is 13.3. The average Bonchev–Trinajstić information content (AvgIpc) is 2.15. The lowest BCUT2D eigenvalue weighted by Gasteiger charge is -2.14. The molecule has 0 aliphatic heterocycles. The van der Waals surface area contributed by atoms with E-state index in [-0.39, 0.29) is 17.5 Å². The third-order valence-electron chi connectivity index (χ3n) is 1.48. The molecule has 1 rings (SSSR count). The van der Waals surface area contributed by atoms with Gasteiger partial charge in [0, 0.05) is 0 Å². The quantitative estimate of drug-likeness (QED) is 0.693. The second-order valence-electron chi connectivity index (χ2n) is 2.84. The summed E-state index contributed by atoms with van der Waals surface area (Å²) in [5.41, 5.74) is 0. The Labute approximate surface area is 128 Å². The molecule has 0 saturated heterocycles. The summed E-state index contributed by atoms with van der Waals surface area (Å²) in [6, 6.07) is 0. The second-order valence-corrected chi connectivity index (χ2v) is 7.40. The summed E-state index contributed by atoms with van der Waals surface area (Å²) in [4.78, 5) is 11.7. The van der Waals surface area contributed by atoms with Gasteiger partial charge < -0.3 is 0 Å². The predicted molar refractivity (Wildman–Crippen MR) is 73.0 cm³/mol. The molecule has 0 radical (unpaired) electrons. The SMILES string of the molecule is CC=Cc1nc(C(Cl)(Cl)Cl)nc(C(Cl)(Cl)Cl)n1. The Kier molecular flexibility index (Phi) is 5.16. The van der Waals surface area contributed by atoms with Crippen LogP contribution in [0.3, 0.4) is 0 Å². The predicted octanol–water partition coefficient (Wildman–Crippen LogP) is 4.56. The van der Waals surface area contributed by atoms with E-state index in [1.165, 1.54) is 0 Å². The topological polar surface area (TPSA) is 38.7 Å². The Morgan fingerprint density at radius 2 is 1.24 bits per heavy atom. The van der Waals surface area contributed by atoms with E-state index in [9.17, 15) is 0 Å². The average molecular weight is 356 g/mol. The molecular weight excluding hydrogens is 351 g/mol. The van der Waals surface area contributed by atoms with Crippen LogP contribution in [0.2, 0.25) is 0 Å². The summed E-state index contributed by atoms with van der Waals surface area (Å²) in [7, 11) is 0. The van der Waals surface area contributed by atoms with E-state index in [0.29, 0.717) is 0 Å². The molecule has 0 atom stereocenters. The first-order valence-electron chi connectivity index (χ1n) is 4.17. The van der Waals surface area contributed by atoms with Gasteiger partial charge in [-0.15, -0.1) is 0 Å². The van der Waals surface area contributed by atoms with Gasteiger partial charge in [-0.1, -0.05) is 75.7 Å². The first-order chi connectivity index (χ1) is 7.64. The number of halogens is 6. The van der Waals surface area contributed by atoms with Gasteiger partial charge in [0.05, 0.1) is 0 Å². The second kappa shape index (κ2) is 5.64. The summed E-state index contributed by atoms with van der Waals surface area (Å²) in [6.45, 7) is 1.77. The monoisotopic (exact) mass is 353 g/mol. The van der Waals surface area contributed by atoms with Crippen LogP contribution in [-0.2, 0) is 7.59 Å². The third-order valence-corrected chi connectivity index (χ3v) is 2.49. The molecule has 94 valence electrons. The normalized spacial score (nSPS) is 13.4. The molecule has 1 aromatic rings. The molecule has 3 nitrogen and oxygen atoms in total. The molecule has 17 heavy (non-hydrogen) atoms. The zero-order valence-corrected chi connectivity index (χ0v) is 12.8. The highest BCUT2D eigenvalue weighted by molar-refractivity contribution is 6.67. The fourth-order valence-electron chi connectivity index (χ4n) is 0.869. The van der Waals surface area contributed by atoms with Crippen molar-refractivity contribution >= 4 is 75.7 Å². The van der Waals surface area contributed by atoms with Crippen LogP contribution in [0, 0.1) is 0 Å². The van der Waals surface area contributed by atoms with E-state index in [1.54, 1.807) is 19.1 Å². The summed E-state index contributed by atoms with van der Waals surface area (Å²) >= 11 is 34.1. The van der Waals surface area contributed by atoms with Crippen LogP contribution in [0.15, 0.2) is 6.08 Å². The molecule has 9 heteroatoms. The maximum absolute atomic E-state index is 5.68. The molecule has 0 aromatic carbocycles.